The lowest BCUT2D eigenvalue weighted by atomic mass is 10.0. The summed E-state index contributed by atoms with van der Waals surface area (Å²) in [4.78, 5) is 22.1. The lowest BCUT2D eigenvalue weighted by molar-refractivity contribution is 0.0745. The first-order valence-electron chi connectivity index (χ1n) is 11.2. The third-order valence-corrected chi connectivity index (χ3v) is 6.54. The number of anilines is 1. The van der Waals surface area contributed by atoms with Crippen LogP contribution >= 0.6 is 11.6 Å². The average Bonchev–Trinajstić information content (AvgIpc) is 3.38. The highest BCUT2D eigenvalue weighted by Crippen LogP contribution is 2.32. The first-order valence-corrected chi connectivity index (χ1v) is 11.6. The second-order valence-electron chi connectivity index (χ2n) is 8.34. The first kappa shape index (κ1) is 22.2. The third-order valence-electron chi connectivity index (χ3n) is 6.21. The van der Waals surface area contributed by atoms with E-state index in [1.54, 1.807) is 19.2 Å². The second-order valence-corrected chi connectivity index (χ2v) is 8.75. The fraction of sp³-hybridized carbons (Fsp3) is 0.280. The van der Waals surface area contributed by atoms with Gasteiger partial charge in [0.1, 0.15) is 17.0 Å². The molecule has 1 fully saturated rings. The summed E-state index contributed by atoms with van der Waals surface area (Å²) >= 11 is 6.37. The average molecular weight is 477 g/mol. The van der Waals surface area contributed by atoms with Gasteiger partial charge in [-0.25, -0.2) is 9.67 Å². The van der Waals surface area contributed by atoms with Gasteiger partial charge in [-0.3, -0.25) is 4.79 Å². The van der Waals surface area contributed by atoms with Crippen LogP contribution in [0.15, 0.2) is 53.2 Å². The van der Waals surface area contributed by atoms with Crippen molar-refractivity contribution in [3.05, 3.63) is 76.4 Å². The molecule has 0 atom stereocenters. The lowest BCUT2D eigenvalue weighted by Gasteiger charge is -2.36. The Balaban J connectivity index is 1.36. The van der Waals surface area contributed by atoms with Crippen molar-refractivity contribution in [2.24, 2.45) is 0 Å². The van der Waals surface area contributed by atoms with Crippen molar-refractivity contribution in [3.8, 4) is 17.1 Å². The predicted octanol–water partition coefficient (Wildman–Crippen LogP) is 4.46. The minimum Gasteiger partial charge on any atom is -0.365 e. The highest BCUT2D eigenvalue weighted by Gasteiger charge is 2.30. The molecule has 1 amide bonds. The first-order chi connectivity index (χ1) is 16.5. The van der Waals surface area contributed by atoms with Crippen LogP contribution in [-0.4, -0.2) is 56.9 Å². The molecule has 174 valence electrons. The number of piperazine rings is 1. The van der Waals surface area contributed by atoms with Gasteiger partial charge in [0.2, 0.25) is 0 Å². The standard InChI is InChI=1S/C25H25ClN6O2/c1-16-24(17(2)32(28-16)21-10-6-7-11-27-21)30-12-14-31(15-13-30)25(33)22-18(3)34-29-23(22)19-8-4-5-9-20(19)26/h4-11H,12-15H2,1-3H3. The van der Waals surface area contributed by atoms with Crippen LogP contribution in [0.25, 0.3) is 17.1 Å². The van der Waals surface area contributed by atoms with Crippen LogP contribution in [-0.2, 0) is 0 Å². The van der Waals surface area contributed by atoms with Gasteiger partial charge in [-0.15, -0.1) is 0 Å². The Bertz CT molecular complexity index is 1340. The quantitative estimate of drug-likeness (QED) is 0.432. The minimum atomic E-state index is -0.0917. The number of benzene rings is 1. The Morgan fingerprint density at radius 3 is 2.44 bits per heavy atom. The molecule has 0 radical (unpaired) electrons. The molecule has 0 N–H and O–H groups in total. The van der Waals surface area contributed by atoms with Crippen LogP contribution in [0.2, 0.25) is 5.02 Å². The molecule has 1 aromatic carbocycles. The Labute approximate surface area is 202 Å². The van der Waals surface area contributed by atoms with E-state index in [2.05, 4.69) is 22.0 Å². The topological polar surface area (TPSA) is 80.3 Å². The Morgan fingerprint density at radius 1 is 1.00 bits per heavy atom. The second kappa shape index (κ2) is 8.95. The summed E-state index contributed by atoms with van der Waals surface area (Å²) in [5.41, 5.74) is 4.72. The molecule has 3 aromatic heterocycles. The van der Waals surface area contributed by atoms with Gasteiger partial charge in [0.25, 0.3) is 5.91 Å². The summed E-state index contributed by atoms with van der Waals surface area (Å²) < 4.78 is 7.27. The van der Waals surface area contributed by atoms with Gasteiger partial charge in [-0.1, -0.05) is 41.0 Å². The fourth-order valence-electron chi connectivity index (χ4n) is 4.55. The van der Waals surface area contributed by atoms with Crippen molar-refractivity contribution in [1.82, 2.24) is 24.8 Å². The molecular weight excluding hydrogens is 452 g/mol. The number of nitrogens with zero attached hydrogens (tertiary/aromatic N) is 6. The molecule has 1 saturated heterocycles. The van der Waals surface area contributed by atoms with Crippen LogP contribution in [0, 0.1) is 20.8 Å². The maximum Gasteiger partial charge on any atom is 0.259 e. The number of halogens is 1. The monoisotopic (exact) mass is 476 g/mol. The van der Waals surface area contributed by atoms with Crippen LogP contribution < -0.4 is 4.90 Å². The normalized spacial score (nSPS) is 14.0. The van der Waals surface area contributed by atoms with E-state index in [1.165, 1.54) is 0 Å². The van der Waals surface area contributed by atoms with Gasteiger partial charge in [-0.05, 0) is 39.0 Å². The fourth-order valence-corrected chi connectivity index (χ4v) is 4.77. The van der Waals surface area contributed by atoms with Crippen molar-refractivity contribution >= 4 is 23.2 Å². The van der Waals surface area contributed by atoms with Gasteiger partial charge in [0.15, 0.2) is 5.82 Å². The molecule has 0 aliphatic carbocycles. The molecule has 4 aromatic rings. The van der Waals surface area contributed by atoms with E-state index in [0.717, 1.165) is 22.9 Å². The molecule has 0 unspecified atom stereocenters. The van der Waals surface area contributed by atoms with Crippen molar-refractivity contribution < 1.29 is 9.32 Å². The molecule has 9 heteroatoms. The SMILES string of the molecule is Cc1nn(-c2ccccn2)c(C)c1N1CCN(C(=O)c2c(-c3ccccc3Cl)noc2C)CC1. The Hall–Kier alpha value is -3.65. The number of amides is 1. The van der Waals surface area contributed by atoms with E-state index in [0.29, 0.717) is 53.8 Å². The third kappa shape index (κ3) is 3.84. The van der Waals surface area contributed by atoms with E-state index in [1.807, 2.05) is 52.9 Å². The van der Waals surface area contributed by atoms with Gasteiger partial charge in [0, 0.05) is 37.9 Å². The summed E-state index contributed by atoms with van der Waals surface area (Å²) in [6, 6.07) is 13.1. The highest BCUT2D eigenvalue weighted by molar-refractivity contribution is 6.33. The summed E-state index contributed by atoms with van der Waals surface area (Å²) in [7, 11) is 0. The minimum absolute atomic E-state index is 0.0917. The van der Waals surface area contributed by atoms with E-state index >= 15 is 0 Å². The maximum absolute atomic E-state index is 13.5. The lowest BCUT2D eigenvalue weighted by Crippen LogP contribution is -2.49. The van der Waals surface area contributed by atoms with E-state index in [-0.39, 0.29) is 5.91 Å². The molecule has 0 saturated carbocycles. The number of carbonyl (C=O) groups is 1. The number of hydrogen-bond donors (Lipinski definition) is 0. The number of aromatic nitrogens is 4. The van der Waals surface area contributed by atoms with Crippen molar-refractivity contribution in [3.63, 3.8) is 0 Å². The van der Waals surface area contributed by atoms with Crippen LogP contribution in [0.4, 0.5) is 5.69 Å². The van der Waals surface area contributed by atoms with Gasteiger partial charge >= 0.3 is 0 Å². The Morgan fingerprint density at radius 2 is 1.74 bits per heavy atom. The number of aryl methyl sites for hydroxylation is 2. The molecule has 1 aliphatic heterocycles. The van der Waals surface area contributed by atoms with E-state index in [9.17, 15) is 4.79 Å². The highest BCUT2D eigenvalue weighted by atomic mass is 35.5. The van der Waals surface area contributed by atoms with Gasteiger partial charge < -0.3 is 14.3 Å². The largest absolute Gasteiger partial charge is 0.365 e. The zero-order valence-corrected chi connectivity index (χ0v) is 20.1. The molecule has 34 heavy (non-hydrogen) atoms. The number of pyridine rings is 1. The summed E-state index contributed by atoms with van der Waals surface area (Å²) in [5.74, 6) is 1.19. The zero-order valence-electron chi connectivity index (χ0n) is 19.3. The van der Waals surface area contributed by atoms with Crippen LogP contribution in [0.3, 0.4) is 0 Å². The predicted molar refractivity (Wildman–Crippen MR) is 131 cm³/mol. The zero-order chi connectivity index (χ0) is 23.8. The smallest absolute Gasteiger partial charge is 0.259 e. The van der Waals surface area contributed by atoms with Crippen molar-refractivity contribution in [2.75, 3.05) is 31.1 Å². The van der Waals surface area contributed by atoms with Gasteiger partial charge in [-0.2, -0.15) is 5.10 Å². The van der Waals surface area contributed by atoms with E-state index in [4.69, 9.17) is 21.2 Å². The molecule has 0 bridgehead atoms. The van der Waals surface area contributed by atoms with Crippen molar-refractivity contribution in [1.29, 1.82) is 0 Å². The molecule has 8 nitrogen and oxygen atoms in total. The molecule has 1 aliphatic rings. The van der Waals surface area contributed by atoms with Crippen LogP contribution in [0.1, 0.15) is 27.5 Å². The molecular formula is C25H25ClN6O2. The number of carbonyl (C=O) groups excluding carboxylic acids is 1. The Kier molecular flexibility index (Phi) is 5.83. The van der Waals surface area contributed by atoms with Gasteiger partial charge in [0.05, 0.1) is 22.1 Å². The molecule has 5 rings (SSSR count). The maximum atomic E-state index is 13.5. The molecule has 0 spiro atoms. The summed E-state index contributed by atoms with van der Waals surface area (Å²) in [6.45, 7) is 8.39. The van der Waals surface area contributed by atoms with Crippen molar-refractivity contribution in [2.45, 2.75) is 20.8 Å². The summed E-state index contributed by atoms with van der Waals surface area (Å²) in [5, 5.41) is 9.39. The van der Waals surface area contributed by atoms with E-state index < -0.39 is 0 Å². The summed E-state index contributed by atoms with van der Waals surface area (Å²) in [6.07, 6.45) is 1.76. The number of hydrogen-bond acceptors (Lipinski definition) is 6. The molecule has 4 heterocycles. The van der Waals surface area contributed by atoms with Crippen LogP contribution in [0.5, 0.6) is 0 Å². The number of rotatable bonds is 4.